The van der Waals surface area contributed by atoms with E-state index in [-0.39, 0.29) is 0 Å². The highest BCUT2D eigenvalue weighted by Gasteiger charge is 2.06. The van der Waals surface area contributed by atoms with Gasteiger partial charge in [-0.15, -0.1) is 0 Å². The predicted molar refractivity (Wildman–Crippen MR) is 64.0 cm³/mol. The number of rotatable bonds is 3. The molecule has 0 fully saturated rings. The molecule has 0 atom stereocenters. The Morgan fingerprint density at radius 3 is 2.75 bits per heavy atom. The van der Waals surface area contributed by atoms with Crippen molar-refractivity contribution in [3.8, 4) is 0 Å². The maximum atomic E-state index is 5.71. The monoisotopic (exact) mass is 235 g/mol. The van der Waals surface area contributed by atoms with E-state index in [0.717, 1.165) is 22.2 Å². The van der Waals surface area contributed by atoms with Crippen LogP contribution in [-0.2, 0) is 12.8 Å². The molecule has 5 nitrogen and oxygen atoms in total. The predicted octanol–water partition coefficient (Wildman–Crippen LogP) is 1.39. The van der Waals surface area contributed by atoms with E-state index in [2.05, 4.69) is 21.1 Å². The first kappa shape index (κ1) is 10.9. The van der Waals surface area contributed by atoms with Crippen LogP contribution in [0, 0.1) is 6.92 Å². The molecule has 0 aromatic carbocycles. The van der Waals surface area contributed by atoms with E-state index in [9.17, 15) is 0 Å². The summed E-state index contributed by atoms with van der Waals surface area (Å²) in [6, 6.07) is 2.06. The summed E-state index contributed by atoms with van der Waals surface area (Å²) in [4.78, 5) is 8.17. The van der Waals surface area contributed by atoms with Gasteiger partial charge in [-0.3, -0.25) is 4.68 Å². The van der Waals surface area contributed by atoms with Crippen molar-refractivity contribution in [1.82, 2.24) is 19.7 Å². The van der Waals surface area contributed by atoms with Crippen LogP contribution in [-0.4, -0.2) is 19.7 Å². The van der Waals surface area contributed by atoms with E-state index >= 15 is 0 Å². The number of nitrogens with zero attached hydrogens (tertiary/aromatic N) is 4. The smallest absolute Gasteiger partial charge is 0.156 e. The molecule has 0 unspecified atom stereocenters. The quantitative estimate of drug-likeness (QED) is 0.814. The van der Waals surface area contributed by atoms with Gasteiger partial charge >= 0.3 is 0 Å². The molecule has 0 aliphatic rings. The van der Waals surface area contributed by atoms with Gasteiger partial charge in [0.25, 0.3) is 0 Å². The van der Waals surface area contributed by atoms with Crippen molar-refractivity contribution in [2.24, 2.45) is 7.05 Å². The van der Waals surface area contributed by atoms with Crippen LogP contribution in [0.2, 0.25) is 0 Å². The summed E-state index contributed by atoms with van der Waals surface area (Å²) >= 11 is 1.57. The van der Waals surface area contributed by atoms with E-state index in [4.69, 9.17) is 5.73 Å². The number of aryl methyl sites for hydroxylation is 2. The lowest BCUT2D eigenvalue weighted by Gasteiger charge is -2.03. The molecule has 0 radical (unpaired) electrons. The maximum absolute atomic E-state index is 5.71. The zero-order valence-electron chi connectivity index (χ0n) is 9.21. The minimum atomic E-state index is 0.478. The van der Waals surface area contributed by atoms with Crippen molar-refractivity contribution in [3.05, 3.63) is 29.8 Å². The van der Waals surface area contributed by atoms with Gasteiger partial charge in [0.1, 0.15) is 5.03 Å². The zero-order valence-corrected chi connectivity index (χ0v) is 10.0. The first-order chi connectivity index (χ1) is 7.66. The molecule has 0 bridgehead atoms. The van der Waals surface area contributed by atoms with Crippen LogP contribution in [0.3, 0.4) is 0 Å². The number of hydrogen-bond acceptors (Lipinski definition) is 5. The van der Waals surface area contributed by atoms with Crippen molar-refractivity contribution < 1.29 is 0 Å². The Bertz CT molecular complexity index is 494. The van der Waals surface area contributed by atoms with Gasteiger partial charge < -0.3 is 5.73 Å². The molecule has 2 aromatic heterocycles. The first-order valence-electron chi connectivity index (χ1n) is 4.85. The van der Waals surface area contributed by atoms with Gasteiger partial charge in [0, 0.05) is 30.9 Å². The van der Waals surface area contributed by atoms with Crippen molar-refractivity contribution in [1.29, 1.82) is 0 Å². The summed E-state index contributed by atoms with van der Waals surface area (Å²) < 4.78 is 1.87. The minimum Gasteiger partial charge on any atom is -0.381 e. The average Bonchev–Trinajstić information content (AvgIpc) is 2.56. The van der Waals surface area contributed by atoms with Crippen LogP contribution < -0.4 is 5.73 Å². The van der Waals surface area contributed by atoms with Gasteiger partial charge in [0.2, 0.25) is 0 Å². The number of thioether (sulfide) groups is 1. The zero-order chi connectivity index (χ0) is 11.5. The lowest BCUT2D eigenvalue weighted by atomic mass is 10.4. The standard InChI is InChI=1S/C10H13N5S/c1-7-5-8(15(2)14-7)6-16-10-9(11)12-3-4-13-10/h3-5H,6H2,1-2H3,(H2,11,12). The number of aromatic nitrogens is 4. The molecule has 0 aliphatic heterocycles. The molecular weight excluding hydrogens is 222 g/mol. The molecule has 0 amide bonds. The SMILES string of the molecule is Cc1cc(CSc2nccnc2N)n(C)n1. The fourth-order valence-corrected chi connectivity index (χ4v) is 2.28. The highest BCUT2D eigenvalue weighted by Crippen LogP contribution is 2.23. The first-order valence-corrected chi connectivity index (χ1v) is 5.84. The molecule has 2 rings (SSSR count). The van der Waals surface area contributed by atoms with E-state index in [0.29, 0.717) is 5.82 Å². The average molecular weight is 235 g/mol. The summed E-state index contributed by atoms with van der Waals surface area (Å²) in [7, 11) is 1.93. The molecule has 6 heteroatoms. The highest BCUT2D eigenvalue weighted by atomic mass is 32.2. The van der Waals surface area contributed by atoms with Crippen molar-refractivity contribution in [2.45, 2.75) is 17.7 Å². The Morgan fingerprint density at radius 1 is 1.38 bits per heavy atom. The highest BCUT2D eigenvalue weighted by molar-refractivity contribution is 7.98. The van der Waals surface area contributed by atoms with Crippen LogP contribution in [0.4, 0.5) is 5.82 Å². The Labute approximate surface area is 98.1 Å². The van der Waals surface area contributed by atoms with E-state index in [1.807, 2.05) is 18.7 Å². The van der Waals surface area contributed by atoms with Gasteiger partial charge in [-0.05, 0) is 13.0 Å². The molecule has 0 saturated carbocycles. The van der Waals surface area contributed by atoms with Crippen LogP contribution in [0.15, 0.2) is 23.5 Å². The minimum absolute atomic E-state index is 0.478. The van der Waals surface area contributed by atoms with Crippen LogP contribution >= 0.6 is 11.8 Å². The number of nitrogen functional groups attached to an aromatic ring is 1. The summed E-state index contributed by atoms with van der Waals surface area (Å²) in [6.45, 7) is 1.98. The maximum Gasteiger partial charge on any atom is 0.156 e. The van der Waals surface area contributed by atoms with Crippen molar-refractivity contribution >= 4 is 17.6 Å². The van der Waals surface area contributed by atoms with Gasteiger partial charge in [0.15, 0.2) is 5.82 Å². The van der Waals surface area contributed by atoms with Crippen LogP contribution in [0.5, 0.6) is 0 Å². The van der Waals surface area contributed by atoms with Gasteiger partial charge in [-0.1, -0.05) is 11.8 Å². The van der Waals surface area contributed by atoms with Crippen molar-refractivity contribution in [2.75, 3.05) is 5.73 Å². The largest absolute Gasteiger partial charge is 0.381 e. The van der Waals surface area contributed by atoms with E-state index in [1.165, 1.54) is 0 Å². The topological polar surface area (TPSA) is 69.6 Å². The molecule has 0 saturated heterocycles. The third-order valence-corrected chi connectivity index (χ3v) is 3.17. The molecule has 2 aromatic rings. The molecule has 0 spiro atoms. The van der Waals surface area contributed by atoms with Gasteiger partial charge in [-0.25, -0.2) is 9.97 Å². The third kappa shape index (κ3) is 2.33. The van der Waals surface area contributed by atoms with Crippen molar-refractivity contribution in [3.63, 3.8) is 0 Å². The molecule has 0 aliphatic carbocycles. The fraction of sp³-hybridized carbons (Fsp3) is 0.300. The fourth-order valence-electron chi connectivity index (χ4n) is 1.39. The van der Waals surface area contributed by atoms with Crippen LogP contribution in [0.1, 0.15) is 11.4 Å². The third-order valence-electron chi connectivity index (χ3n) is 2.15. The van der Waals surface area contributed by atoms with E-state index in [1.54, 1.807) is 24.2 Å². The van der Waals surface area contributed by atoms with Gasteiger partial charge in [-0.2, -0.15) is 5.10 Å². The van der Waals surface area contributed by atoms with Crippen LogP contribution in [0.25, 0.3) is 0 Å². The number of nitrogens with two attached hydrogens (primary N) is 1. The molecular formula is C10H13N5S. The Balaban J connectivity index is 2.08. The second kappa shape index (κ2) is 4.52. The Kier molecular flexibility index (Phi) is 3.09. The molecule has 84 valence electrons. The molecule has 2 N–H and O–H groups in total. The lowest BCUT2D eigenvalue weighted by Crippen LogP contribution is -1.98. The molecule has 2 heterocycles. The van der Waals surface area contributed by atoms with Gasteiger partial charge in [0.05, 0.1) is 5.69 Å². The lowest BCUT2D eigenvalue weighted by molar-refractivity contribution is 0.727. The molecule has 16 heavy (non-hydrogen) atoms. The second-order valence-electron chi connectivity index (χ2n) is 3.44. The number of hydrogen-bond donors (Lipinski definition) is 1. The summed E-state index contributed by atoms with van der Waals surface area (Å²) in [5.74, 6) is 1.27. The summed E-state index contributed by atoms with van der Waals surface area (Å²) in [5.41, 5.74) is 7.88. The summed E-state index contributed by atoms with van der Waals surface area (Å²) in [5, 5.41) is 5.05. The Morgan fingerprint density at radius 2 is 2.12 bits per heavy atom. The number of anilines is 1. The Hall–Kier alpha value is -1.56. The second-order valence-corrected chi connectivity index (χ2v) is 4.40. The summed E-state index contributed by atoms with van der Waals surface area (Å²) in [6.07, 6.45) is 3.24. The van der Waals surface area contributed by atoms with E-state index < -0.39 is 0 Å². The normalized spacial score (nSPS) is 10.6.